The number of hydrogen-bond donors (Lipinski definition) is 0. The third-order valence-corrected chi connectivity index (χ3v) is 5.45. The van der Waals surface area contributed by atoms with Gasteiger partial charge in [-0.3, -0.25) is 0 Å². The van der Waals surface area contributed by atoms with Crippen LogP contribution in [0.3, 0.4) is 0 Å². The molecule has 0 atom stereocenters. The number of hydrogen-bond acceptors (Lipinski definition) is 4. The molecule has 0 aliphatic carbocycles. The third kappa shape index (κ3) is 3.18. The van der Waals surface area contributed by atoms with Crippen LogP contribution in [0.2, 0.25) is 0 Å². The molecule has 0 fully saturated rings. The minimum atomic E-state index is -0.316. The molecular weight excluding hydrogens is 344 g/mol. The fourth-order valence-corrected chi connectivity index (χ4v) is 3.95. The van der Waals surface area contributed by atoms with Crippen LogP contribution in [0.1, 0.15) is 11.1 Å². The Bertz CT molecular complexity index is 1130. The van der Waals surface area contributed by atoms with E-state index in [9.17, 15) is 4.79 Å². The summed E-state index contributed by atoms with van der Waals surface area (Å²) in [6, 6.07) is 17.7. The molecule has 5 heteroatoms. The van der Waals surface area contributed by atoms with E-state index in [2.05, 4.69) is 21.7 Å². The molecule has 2 aromatic heterocycles. The number of aromatic nitrogens is 2. The van der Waals surface area contributed by atoms with Gasteiger partial charge in [0, 0.05) is 24.3 Å². The van der Waals surface area contributed by atoms with Crippen LogP contribution < -0.4 is 5.63 Å². The Morgan fingerprint density at radius 1 is 1.12 bits per heavy atom. The molecule has 130 valence electrons. The van der Waals surface area contributed by atoms with E-state index in [0.29, 0.717) is 11.3 Å². The number of nitrogens with zero attached hydrogens (tertiary/aromatic N) is 2. The second-order valence-corrected chi connectivity index (χ2v) is 7.17. The van der Waals surface area contributed by atoms with Crippen molar-refractivity contribution in [3.63, 3.8) is 0 Å². The van der Waals surface area contributed by atoms with Crippen molar-refractivity contribution in [2.45, 2.75) is 17.8 Å². The Kier molecular flexibility index (Phi) is 4.39. The Morgan fingerprint density at radius 2 is 1.92 bits per heavy atom. The zero-order valence-electron chi connectivity index (χ0n) is 14.6. The molecule has 0 unspecified atom stereocenters. The van der Waals surface area contributed by atoms with Gasteiger partial charge in [0.25, 0.3) is 0 Å². The molecule has 0 amide bonds. The zero-order chi connectivity index (χ0) is 18.1. The van der Waals surface area contributed by atoms with Crippen molar-refractivity contribution in [3.05, 3.63) is 82.3 Å². The van der Waals surface area contributed by atoms with Gasteiger partial charge in [-0.2, -0.15) is 0 Å². The fraction of sp³-hybridized carbons (Fsp3) is 0.143. The summed E-state index contributed by atoms with van der Waals surface area (Å²) in [6.45, 7) is 1.99. The van der Waals surface area contributed by atoms with Gasteiger partial charge >= 0.3 is 5.63 Å². The van der Waals surface area contributed by atoms with E-state index >= 15 is 0 Å². The average Bonchev–Trinajstić information content (AvgIpc) is 3.00. The Labute approximate surface area is 155 Å². The summed E-state index contributed by atoms with van der Waals surface area (Å²) in [5.74, 6) is 0.657. The van der Waals surface area contributed by atoms with E-state index in [1.165, 1.54) is 0 Å². The van der Waals surface area contributed by atoms with Crippen molar-refractivity contribution in [1.82, 2.24) is 9.55 Å². The van der Waals surface area contributed by atoms with Crippen LogP contribution in [0.15, 0.2) is 75.2 Å². The number of rotatable bonds is 4. The molecule has 0 spiro atoms. The first-order valence-corrected chi connectivity index (χ1v) is 9.34. The topological polar surface area (TPSA) is 48.0 Å². The highest BCUT2D eigenvalue weighted by Gasteiger charge is 2.11. The first-order chi connectivity index (χ1) is 12.6. The van der Waals surface area contributed by atoms with Gasteiger partial charge in [0.15, 0.2) is 5.16 Å². The van der Waals surface area contributed by atoms with Gasteiger partial charge in [-0.15, -0.1) is 0 Å². The molecule has 4 aromatic rings. The molecule has 0 N–H and O–H groups in total. The third-order valence-electron chi connectivity index (χ3n) is 4.36. The molecule has 0 radical (unpaired) electrons. The normalized spacial score (nSPS) is 11.2. The smallest absolute Gasteiger partial charge is 0.336 e. The average molecular weight is 362 g/mol. The summed E-state index contributed by atoms with van der Waals surface area (Å²) in [7, 11) is 2.01. The van der Waals surface area contributed by atoms with Gasteiger partial charge < -0.3 is 8.98 Å². The van der Waals surface area contributed by atoms with Crippen LogP contribution in [-0.4, -0.2) is 9.55 Å². The zero-order valence-corrected chi connectivity index (χ0v) is 15.4. The number of thioether (sulfide) groups is 1. The van der Waals surface area contributed by atoms with E-state index in [0.717, 1.165) is 32.9 Å². The van der Waals surface area contributed by atoms with Crippen molar-refractivity contribution in [2.24, 2.45) is 7.05 Å². The van der Waals surface area contributed by atoms with E-state index in [1.54, 1.807) is 17.8 Å². The van der Waals surface area contributed by atoms with E-state index < -0.39 is 0 Å². The number of aryl methyl sites for hydroxylation is 1. The lowest BCUT2D eigenvalue weighted by Crippen LogP contribution is -2.01. The lowest BCUT2D eigenvalue weighted by atomic mass is 10.1. The minimum absolute atomic E-state index is 0.316. The summed E-state index contributed by atoms with van der Waals surface area (Å²) >= 11 is 1.61. The standard InChI is InChI=1S/C21H18N2O2S/c1-14-8-9-17-16(11-20(24)25-19(17)10-14)13-26-21-22-12-18(23(21)2)15-6-4-3-5-7-15/h3-12H,13H2,1-2H3. The Balaban J connectivity index is 1.64. The molecule has 0 bridgehead atoms. The van der Waals surface area contributed by atoms with Crippen molar-refractivity contribution in [3.8, 4) is 11.3 Å². The maximum absolute atomic E-state index is 11.9. The fourth-order valence-electron chi connectivity index (χ4n) is 3.00. The predicted octanol–water partition coefficient (Wildman–Crippen LogP) is 4.79. The molecule has 2 heterocycles. The lowest BCUT2D eigenvalue weighted by molar-refractivity contribution is 0.559. The first-order valence-electron chi connectivity index (χ1n) is 8.35. The quantitative estimate of drug-likeness (QED) is 0.387. The van der Waals surface area contributed by atoms with Crippen molar-refractivity contribution < 1.29 is 4.42 Å². The Hall–Kier alpha value is -2.79. The maximum atomic E-state index is 11.9. The summed E-state index contributed by atoms with van der Waals surface area (Å²) in [5.41, 5.74) is 4.56. The van der Waals surface area contributed by atoms with Gasteiger partial charge in [0.05, 0.1) is 11.9 Å². The highest BCUT2D eigenvalue weighted by Crippen LogP contribution is 2.29. The molecule has 4 rings (SSSR count). The van der Waals surface area contributed by atoms with Gasteiger partial charge in [-0.05, 0) is 29.7 Å². The summed E-state index contributed by atoms with van der Waals surface area (Å²) in [6.07, 6.45) is 1.89. The molecule has 0 saturated heterocycles. The van der Waals surface area contributed by atoms with Crippen LogP contribution in [0.4, 0.5) is 0 Å². The summed E-state index contributed by atoms with van der Waals surface area (Å²) in [5, 5.41) is 1.89. The first kappa shape index (κ1) is 16.7. The summed E-state index contributed by atoms with van der Waals surface area (Å²) < 4.78 is 7.42. The molecule has 0 aliphatic rings. The number of imidazole rings is 1. The van der Waals surface area contributed by atoms with Crippen molar-refractivity contribution >= 4 is 22.7 Å². The number of benzene rings is 2. The molecule has 0 aliphatic heterocycles. The van der Waals surface area contributed by atoms with Gasteiger partial charge in [0.2, 0.25) is 0 Å². The second-order valence-electron chi connectivity index (χ2n) is 6.23. The van der Waals surface area contributed by atoms with Crippen LogP contribution in [0.5, 0.6) is 0 Å². The van der Waals surface area contributed by atoms with E-state index in [-0.39, 0.29) is 5.63 Å². The highest BCUT2D eigenvalue weighted by molar-refractivity contribution is 7.98. The summed E-state index contributed by atoms with van der Waals surface area (Å²) in [4.78, 5) is 16.4. The monoisotopic (exact) mass is 362 g/mol. The van der Waals surface area contributed by atoms with Crippen molar-refractivity contribution in [2.75, 3.05) is 0 Å². The van der Waals surface area contributed by atoms with E-state index in [4.69, 9.17) is 4.42 Å². The largest absolute Gasteiger partial charge is 0.423 e. The molecule has 26 heavy (non-hydrogen) atoms. The maximum Gasteiger partial charge on any atom is 0.336 e. The highest BCUT2D eigenvalue weighted by atomic mass is 32.2. The van der Waals surface area contributed by atoms with Crippen LogP contribution >= 0.6 is 11.8 Å². The Morgan fingerprint density at radius 3 is 2.73 bits per heavy atom. The van der Waals surface area contributed by atoms with E-state index in [1.807, 2.05) is 56.6 Å². The predicted molar refractivity (Wildman–Crippen MR) is 105 cm³/mol. The molecule has 0 saturated carbocycles. The molecular formula is C21H18N2O2S. The van der Waals surface area contributed by atoms with Gasteiger partial charge in [-0.1, -0.05) is 54.2 Å². The second kappa shape index (κ2) is 6.84. The molecule has 4 nitrogen and oxygen atoms in total. The number of fused-ring (bicyclic) bond motifs is 1. The van der Waals surface area contributed by atoms with Gasteiger partial charge in [0.1, 0.15) is 5.58 Å². The molecule has 2 aromatic carbocycles. The van der Waals surface area contributed by atoms with Gasteiger partial charge in [-0.25, -0.2) is 9.78 Å². The SMILES string of the molecule is Cc1ccc2c(CSc3ncc(-c4ccccc4)n3C)cc(=O)oc2c1. The van der Waals surface area contributed by atoms with Crippen LogP contribution in [-0.2, 0) is 12.8 Å². The van der Waals surface area contributed by atoms with Crippen LogP contribution in [0.25, 0.3) is 22.2 Å². The van der Waals surface area contributed by atoms with Crippen molar-refractivity contribution in [1.29, 1.82) is 0 Å². The lowest BCUT2D eigenvalue weighted by Gasteiger charge is -2.07. The van der Waals surface area contributed by atoms with Crippen LogP contribution in [0, 0.1) is 6.92 Å². The minimum Gasteiger partial charge on any atom is -0.423 e.